The van der Waals surface area contributed by atoms with E-state index in [2.05, 4.69) is 10.3 Å². The molecule has 26 heavy (non-hydrogen) atoms. The number of ether oxygens (including phenoxy) is 1. The predicted octanol–water partition coefficient (Wildman–Crippen LogP) is 3.08. The number of fused-ring (bicyclic) bond motifs is 3. The molecule has 4 rings (SSSR count). The van der Waals surface area contributed by atoms with Crippen molar-refractivity contribution in [1.82, 2.24) is 9.88 Å². The van der Waals surface area contributed by atoms with Crippen LogP contribution in [0.4, 0.5) is 5.69 Å². The number of hydrogen-bond donors (Lipinski definition) is 1. The van der Waals surface area contributed by atoms with Gasteiger partial charge in [0.15, 0.2) is 0 Å². The first-order chi connectivity index (χ1) is 12.4. The molecule has 0 radical (unpaired) electrons. The van der Waals surface area contributed by atoms with E-state index in [1.165, 1.54) is 7.11 Å². The number of thioether (sulfide) groups is 1. The number of carbonyl (C=O) groups excluding carboxylic acids is 2. The third kappa shape index (κ3) is 2.54. The van der Waals surface area contributed by atoms with E-state index in [0.29, 0.717) is 17.1 Å². The van der Waals surface area contributed by atoms with Gasteiger partial charge in [0.05, 0.1) is 19.0 Å². The number of anilines is 1. The average molecular weight is 369 g/mol. The smallest absolute Gasteiger partial charge is 0.256 e. The molecule has 2 aliphatic heterocycles. The number of amides is 2. The van der Waals surface area contributed by atoms with Crippen LogP contribution < -0.4 is 10.1 Å². The third-order valence-electron chi connectivity index (χ3n) is 4.76. The Labute approximate surface area is 155 Å². The van der Waals surface area contributed by atoms with E-state index in [0.717, 1.165) is 5.56 Å². The molecule has 0 bridgehead atoms. The van der Waals surface area contributed by atoms with Gasteiger partial charge < -0.3 is 15.0 Å². The molecule has 0 spiro atoms. The minimum atomic E-state index is -0.570. The lowest BCUT2D eigenvalue weighted by atomic mass is 10.0. The molecule has 1 N–H and O–H groups in total. The Morgan fingerprint density at radius 2 is 2.04 bits per heavy atom. The molecular formula is C19H19N3O3S. The fraction of sp³-hybridized carbons (Fsp3) is 0.316. The molecule has 2 aromatic rings. The highest BCUT2D eigenvalue weighted by Crippen LogP contribution is 2.56. The summed E-state index contributed by atoms with van der Waals surface area (Å²) in [6.45, 7) is 4.00. The fourth-order valence-corrected chi connectivity index (χ4v) is 5.18. The van der Waals surface area contributed by atoms with E-state index in [-0.39, 0.29) is 17.2 Å². The van der Waals surface area contributed by atoms with Crippen LogP contribution in [0, 0.1) is 0 Å². The zero-order chi connectivity index (χ0) is 18.5. The molecule has 1 aromatic heterocycles. The minimum Gasteiger partial charge on any atom is -0.481 e. The third-order valence-corrected chi connectivity index (χ3v) is 6.29. The normalized spacial score (nSPS) is 22.7. The maximum atomic E-state index is 13.0. The van der Waals surface area contributed by atoms with Crippen molar-refractivity contribution < 1.29 is 14.3 Å². The average Bonchev–Trinajstić information content (AvgIpc) is 3.06. The summed E-state index contributed by atoms with van der Waals surface area (Å²) in [5.74, 6) is 0.180. The van der Waals surface area contributed by atoms with Crippen LogP contribution in [0.25, 0.3) is 0 Å². The molecule has 1 saturated heterocycles. The summed E-state index contributed by atoms with van der Waals surface area (Å²) in [6, 6.07) is 10.4. The number of aromatic nitrogens is 1. The number of nitrogens with zero attached hydrogens (tertiary/aromatic N) is 2. The molecule has 1 aromatic carbocycles. The second-order valence-electron chi connectivity index (χ2n) is 6.85. The summed E-state index contributed by atoms with van der Waals surface area (Å²) < 4.78 is 4.63. The zero-order valence-corrected chi connectivity index (χ0v) is 15.5. The summed E-state index contributed by atoms with van der Waals surface area (Å²) in [7, 11) is 1.54. The lowest BCUT2D eigenvalue weighted by Crippen LogP contribution is -2.50. The number of pyridine rings is 1. The highest BCUT2D eigenvalue weighted by molar-refractivity contribution is 8.01. The fourth-order valence-electron chi connectivity index (χ4n) is 3.59. The van der Waals surface area contributed by atoms with Crippen LogP contribution in [0.15, 0.2) is 42.6 Å². The van der Waals surface area contributed by atoms with Gasteiger partial charge in [0.25, 0.3) is 5.91 Å². The first kappa shape index (κ1) is 16.9. The second kappa shape index (κ2) is 6.02. The van der Waals surface area contributed by atoms with Crippen molar-refractivity contribution in [3.05, 3.63) is 53.7 Å². The van der Waals surface area contributed by atoms with Crippen molar-refractivity contribution in [3.8, 4) is 5.88 Å². The van der Waals surface area contributed by atoms with Crippen LogP contribution in [0.3, 0.4) is 0 Å². The van der Waals surface area contributed by atoms with E-state index < -0.39 is 10.8 Å². The summed E-state index contributed by atoms with van der Waals surface area (Å²) in [4.78, 5) is 31.8. The number of hydrogen-bond acceptors (Lipinski definition) is 5. The Kier molecular flexibility index (Phi) is 3.91. The monoisotopic (exact) mass is 369 g/mol. The summed E-state index contributed by atoms with van der Waals surface area (Å²) in [6.07, 6.45) is 1.55. The highest BCUT2D eigenvalue weighted by Gasteiger charge is 2.57. The molecule has 0 unspecified atom stereocenters. The van der Waals surface area contributed by atoms with E-state index in [4.69, 9.17) is 4.74 Å². The maximum Gasteiger partial charge on any atom is 0.256 e. The number of rotatable bonds is 3. The van der Waals surface area contributed by atoms with Crippen molar-refractivity contribution in [1.29, 1.82) is 0 Å². The minimum absolute atomic E-state index is 0.0864. The second-order valence-corrected chi connectivity index (χ2v) is 8.59. The van der Waals surface area contributed by atoms with Crippen molar-refractivity contribution in [2.75, 3.05) is 12.4 Å². The molecule has 3 heterocycles. The van der Waals surface area contributed by atoms with Crippen LogP contribution in [0.5, 0.6) is 5.88 Å². The maximum absolute atomic E-state index is 13.0. The number of methoxy groups -OCH3 is 1. The molecule has 6 nitrogen and oxygen atoms in total. The molecule has 2 amide bonds. The lowest BCUT2D eigenvalue weighted by Gasteiger charge is -2.29. The van der Waals surface area contributed by atoms with Crippen LogP contribution in [-0.2, 0) is 4.79 Å². The van der Waals surface area contributed by atoms with Crippen LogP contribution in [0.2, 0.25) is 0 Å². The van der Waals surface area contributed by atoms with Gasteiger partial charge in [-0.2, -0.15) is 0 Å². The van der Waals surface area contributed by atoms with Crippen molar-refractivity contribution in [2.24, 2.45) is 0 Å². The van der Waals surface area contributed by atoms with E-state index >= 15 is 0 Å². The molecule has 2 atom stereocenters. The topological polar surface area (TPSA) is 71.5 Å². The summed E-state index contributed by atoms with van der Waals surface area (Å²) >= 11 is 1.65. The number of nitrogens with one attached hydrogen (secondary N) is 1. The van der Waals surface area contributed by atoms with Crippen LogP contribution >= 0.6 is 11.8 Å². The quantitative estimate of drug-likeness (QED) is 0.900. The van der Waals surface area contributed by atoms with E-state index in [1.54, 1.807) is 35.0 Å². The Balaban J connectivity index is 1.63. The van der Waals surface area contributed by atoms with Crippen molar-refractivity contribution >= 4 is 29.3 Å². The Morgan fingerprint density at radius 3 is 2.73 bits per heavy atom. The standard InChI is InChI=1S/C19H19N3O3S/c1-19(2)15(16(23)21-11-8-9-14(25-3)20-10-11)22-17(24)12-6-4-5-7-13(12)18(22)26-19/h4-10,15,18H,1-3H3,(H,21,23)/t15-,18+/m0/s1. The van der Waals surface area contributed by atoms with Gasteiger partial charge in [-0.3, -0.25) is 9.59 Å². The molecule has 2 aliphatic rings. The van der Waals surface area contributed by atoms with Gasteiger partial charge in [-0.05, 0) is 31.5 Å². The first-order valence-corrected chi connectivity index (χ1v) is 9.20. The lowest BCUT2D eigenvalue weighted by molar-refractivity contribution is -0.121. The zero-order valence-electron chi connectivity index (χ0n) is 14.7. The van der Waals surface area contributed by atoms with Gasteiger partial charge in [-0.1, -0.05) is 18.2 Å². The Hall–Kier alpha value is -2.54. The molecule has 7 heteroatoms. The van der Waals surface area contributed by atoms with Crippen LogP contribution in [-0.4, -0.2) is 39.6 Å². The van der Waals surface area contributed by atoms with Gasteiger partial charge in [0, 0.05) is 16.4 Å². The van der Waals surface area contributed by atoms with E-state index in [9.17, 15) is 9.59 Å². The Morgan fingerprint density at radius 1 is 1.27 bits per heavy atom. The molecule has 134 valence electrons. The Bertz CT molecular complexity index is 882. The van der Waals surface area contributed by atoms with Gasteiger partial charge in [0.2, 0.25) is 11.8 Å². The SMILES string of the molecule is COc1ccc(NC(=O)[C@@H]2N3C(=O)c4ccccc4[C@H]3SC2(C)C)cn1. The van der Waals surface area contributed by atoms with Gasteiger partial charge in [-0.15, -0.1) is 11.8 Å². The first-order valence-electron chi connectivity index (χ1n) is 8.32. The predicted molar refractivity (Wildman–Crippen MR) is 100 cm³/mol. The van der Waals surface area contributed by atoms with Crippen molar-refractivity contribution in [3.63, 3.8) is 0 Å². The number of benzene rings is 1. The molecule has 0 aliphatic carbocycles. The van der Waals surface area contributed by atoms with E-state index in [1.807, 2.05) is 38.1 Å². The van der Waals surface area contributed by atoms with Gasteiger partial charge >= 0.3 is 0 Å². The molecular weight excluding hydrogens is 350 g/mol. The summed E-state index contributed by atoms with van der Waals surface area (Å²) in [5, 5.41) is 2.76. The van der Waals surface area contributed by atoms with Gasteiger partial charge in [0.1, 0.15) is 11.4 Å². The molecule has 0 saturated carbocycles. The summed E-state index contributed by atoms with van der Waals surface area (Å²) in [5.41, 5.74) is 2.24. The largest absolute Gasteiger partial charge is 0.481 e. The van der Waals surface area contributed by atoms with Crippen molar-refractivity contribution in [2.45, 2.75) is 30.0 Å². The molecule has 1 fully saturated rings. The van der Waals surface area contributed by atoms with Crippen LogP contribution in [0.1, 0.15) is 35.1 Å². The highest BCUT2D eigenvalue weighted by atomic mass is 32.2. The number of carbonyl (C=O) groups is 2. The van der Waals surface area contributed by atoms with Gasteiger partial charge in [-0.25, -0.2) is 4.98 Å².